The van der Waals surface area contributed by atoms with Crippen molar-refractivity contribution in [2.24, 2.45) is 0 Å². The van der Waals surface area contributed by atoms with Crippen molar-refractivity contribution in [1.82, 2.24) is 10.2 Å². The van der Waals surface area contributed by atoms with E-state index in [2.05, 4.69) is 10.6 Å². The Bertz CT molecular complexity index is 1120. The highest BCUT2D eigenvalue weighted by molar-refractivity contribution is 6.30. The predicted molar refractivity (Wildman–Crippen MR) is 117 cm³/mol. The number of aryl methyl sites for hydroxylation is 3. The quantitative estimate of drug-likeness (QED) is 0.709. The van der Waals surface area contributed by atoms with Crippen molar-refractivity contribution in [1.29, 1.82) is 0 Å². The van der Waals surface area contributed by atoms with Crippen molar-refractivity contribution < 1.29 is 19.1 Å². The first-order valence-corrected chi connectivity index (χ1v) is 10.2. The molecule has 0 aromatic heterocycles. The number of halogens is 1. The van der Waals surface area contributed by atoms with E-state index >= 15 is 0 Å². The molecule has 0 bridgehead atoms. The lowest BCUT2D eigenvalue weighted by atomic mass is 9.96. The minimum Gasteiger partial charge on any atom is -0.456 e. The first kappa shape index (κ1) is 20.9. The summed E-state index contributed by atoms with van der Waals surface area (Å²) in [6.45, 7) is 5.53. The van der Waals surface area contributed by atoms with Crippen molar-refractivity contribution in [3.05, 3.63) is 74.9 Å². The third kappa shape index (κ3) is 4.01. The fourth-order valence-electron chi connectivity index (χ4n) is 4.11. The van der Waals surface area contributed by atoms with Crippen LogP contribution in [-0.4, -0.2) is 36.0 Å². The van der Waals surface area contributed by atoms with Gasteiger partial charge in [-0.25, -0.2) is 9.59 Å². The Morgan fingerprint density at radius 1 is 1.19 bits per heavy atom. The number of nitrogens with zero attached hydrogens (tertiary/aromatic N) is 1. The number of esters is 1. The Morgan fingerprint density at radius 3 is 2.58 bits per heavy atom. The van der Waals surface area contributed by atoms with Gasteiger partial charge in [-0.05, 0) is 49.6 Å². The Hall–Kier alpha value is -3.32. The van der Waals surface area contributed by atoms with Gasteiger partial charge in [0.25, 0.3) is 0 Å². The maximum atomic E-state index is 12.9. The second-order valence-electron chi connectivity index (χ2n) is 7.78. The average Bonchev–Trinajstić information content (AvgIpc) is 3.08. The highest BCUT2D eigenvalue weighted by atomic mass is 35.5. The molecule has 0 unspecified atom stereocenters. The predicted octanol–water partition coefficient (Wildman–Crippen LogP) is 3.78. The zero-order valence-electron chi connectivity index (χ0n) is 17.4. The molecular formula is C23H22ClN3O4. The Morgan fingerprint density at radius 2 is 1.90 bits per heavy atom. The topological polar surface area (TPSA) is 87.7 Å². The molecule has 160 valence electrons. The van der Waals surface area contributed by atoms with Gasteiger partial charge in [0.2, 0.25) is 5.91 Å². The summed E-state index contributed by atoms with van der Waals surface area (Å²) in [6, 6.07) is 9.73. The van der Waals surface area contributed by atoms with Crippen LogP contribution in [0.25, 0.3) is 0 Å². The van der Waals surface area contributed by atoms with Gasteiger partial charge in [0.15, 0.2) is 0 Å². The van der Waals surface area contributed by atoms with Crippen LogP contribution in [0.15, 0.2) is 47.7 Å². The number of carbonyl (C=O) groups excluding carboxylic acids is 3. The number of nitrogens with one attached hydrogen (secondary N) is 2. The summed E-state index contributed by atoms with van der Waals surface area (Å²) in [7, 11) is 0. The second-order valence-corrected chi connectivity index (χ2v) is 8.22. The van der Waals surface area contributed by atoms with Crippen LogP contribution < -0.4 is 10.6 Å². The lowest BCUT2D eigenvalue weighted by molar-refractivity contribution is -0.136. The minimum atomic E-state index is -0.683. The molecule has 2 N–H and O–H groups in total. The second kappa shape index (κ2) is 8.07. The van der Waals surface area contributed by atoms with Gasteiger partial charge in [0.05, 0.1) is 17.3 Å². The van der Waals surface area contributed by atoms with Crippen LogP contribution in [0.4, 0.5) is 10.5 Å². The number of hydrogen-bond acceptors (Lipinski definition) is 4. The number of amides is 3. The monoisotopic (exact) mass is 439 g/mol. The van der Waals surface area contributed by atoms with Crippen molar-refractivity contribution in [2.45, 2.75) is 26.8 Å². The number of cyclic esters (lactones) is 1. The molecule has 3 amide bonds. The van der Waals surface area contributed by atoms with Crippen LogP contribution in [0.1, 0.15) is 28.3 Å². The van der Waals surface area contributed by atoms with Gasteiger partial charge in [-0.3, -0.25) is 9.69 Å². The fraction of sp³-hybridized carbons (Fsp3) is 0.261. The van der Waals surface area contributed by atoms with Crippen LogP contribution in [0.5, 0.6) is 0 Å². The van der Waals surface area contributed by atoms with Crippen LogP contribution in [0.3, 0.4) is 0 Å². The number of ether oxygens (including phenoxy) is 1. The molecule has 2 aromatic rings. The molecule has 7 nitrogen and oxygen atoms in total. The van der Waals surface area contributed by atoms with E-state index in [1.54, 1.807) is 24.3 Å². The highest BCUT2D eigenvalue weighted by Crippen LogP contribution is 2.35. The van der Waals surface area contributed by atoms with Gasteiger partial charge < -0.3 is 15.4 Å². The first-order valence-electron chi connectivity index (χ1n) is 9.86. The molecular weight excluding hydrogens is 418 g/mol. The van der Waals surface area contributed by atoms with Crippen LogP contribution >= 0.6 is 11.6 Å². The lowest BCUT2D eigenvalue weighted by Gasteiger charge is -2.32. The molecule has 0 saturated heterocycles. The summed E-state index contributed by atoms with van der Waals surface area (Å²) in [4.78, 5) is 39.4. The molecule has 2 aromatic carbocycles. The van der Waals surface area contributed by atoms with Gasteiger partial charge in [0, 0.05) is 10.7 Å². The summed E-state index contributed by atoms with van der Waals surface area (Å²) < 4.78 is 5.20. The van der Waals surface area contributed by atoms with E-state index < -0.39 is 18.0 Å². The van der Waals surface area contributed by atoms with E-state index in [1.165, 1.54) is 4.90 Å². The van der Waals surface area contributed by atoms with Crippen molar-refractivity contribution in [2.75, 3.05) is 18.5 Å². The SMILES string of the molecule is Cc1cc(C)c(NC(=O)CN2C(=O)N[C@H](c3cccc(Cl)c3)C3=C2COC3=O)c(C)c1. The third-order valence-corrected chi connectivity index (χ3v) is 5.66. The molecule has 2 aliphatic heterocycles. The molecule has 31 heavy (non-hydrogen) atoms. The van der Waals surface area contributed by atoms with Crippen molar-refractivity contribution in [3.63, 3.8) is 0 Å². The van der Waals surface area contributed by atoms with Crippen LogP contribution in [-0.2, 0) is 14.3 Å². The molecule has 0 radical (unpaired) electrons. The van der Waals surface area contributed by atoms with Crippen molar-refractivity contribution in [3.8, 4) is 0 Å². The Labute approximate surface area is 185 Å². The molecule has 2 aliphatic rings. The molecule has 0 aliphatic carbocycles. The number of hydrogen-bond donors (Lipinski definition) is 2. The van der Waals surface area contributed by atoms with E-state index in [0.717, 1.165) is 22.4 Å². The maximum Gasteiger partial charge on any atom is 0.338 e. The standard InChI is InChI=1S/C23H22ClN3O4/c1-12-7-13(2)20(14(3)8-12)25-18(28)10-27-17-11-31-22(29)19(17)21(26-23(27)30)15-5-4-6-16(24)9-15/h4-9,21H,10-11H2,1-3H3,(H,25,28)(H,26,30)/t21-/m1/s1. The Kier molecular flexibility index (Phi) is 5.45. The van der Waals surface area contributed by atoms with Crippen molar-refractivity contribution >= 4 is 35.2 Å². The molecule has 0 fully saturated rings. The van der Waals surface area contributed by atoms with Gasteiger partial charge in [-0.15, -0.1) is 0 Å². The molecule has 0 saturated carbocycles. The largest absolute Gasteiger partial charge is 0.456 e. The number of carbonyl (C=O) groups is 3. The van der Waals surface area contributed by atoms with E-state index in [1.807, 2.05) is 32.9 Å². The van der Waals surface area contributed by atoms with Crippen LogP contribution in [0.2, 0.25) is 5.02 Å². The van der Waals surface area contributed by atoms with E-state index in [0.29, 0.717) is 21.9 Å². The minimum absolute atomic E-state index is 0.0610. The van der Waals surface area contributed by atoms with Gasteiger partial charge >= 0.3 is 12.0 Å². The van der Waals surface area contributed by atoms with E-state index in [4.69, 9.17) is 16.3 Å². The number of rotatable bonds is 4. The molecule has 0 spiro atoms. The summed E-state index contributed by atoms with van der Waals surface area (Å²) in [5.41, 5.74) is 5.08. The summed E-state index contributed by atoms with van der Waals surface area (Å²) in [5.74, 6) is -0.881. The van der Waals surface area contributed by atoms with E-state index in [9.17, 15) is 14.4 Å². The Balaban J connectivity index is 1.61. The zero-order chi connectivity index (χ0) is 22.3. The summed E-state index contributed by atoms with van der Waals surface area (Å²) >= 11 is 6.08. The third-order valence-electron chi connectivity index (χ3n) is 5.42. The normalized spacial score (nSPS) is 17.9. The molecule has 8 heteroatoms. The molecule has 1 atom stereocenters. The van der Waals surface area contributed by atoms with E-state index in [-0.39, 0.29) is 19.1 Å². The summed E-state index contributed by atoms with van der Waals surface area (Å²) in [5, 5.41) is 6.18. The zero-order valence-corrected chi connectivity index (χ0v) is 18.2. The average molecular weight is 440 g/mol. The highest BCUT2D eigenvalue weighted by Gasteiger charge is 2.42. The smallest absolute Gasteiger partial charge is 0.338 e. The fourth-order valence-corrected chi connectivity index (χ4v) is 4.31. The van der Waals surface area contributed by atoms with Gasteiger partial charge in [0.1, 0.15) is 13.2 Å². The number of urea groups is 1. The number of anilines is 1. The van der Waals surface area contributed by atoms with Gasteiger partial charge in [-0.1, -0.05) is 41.4 Å². The number of benzene rings is 2. The van der Waals surface area contributed by atoms with Gasteiger partial charge in [-0.2, -0.15) is 0 Å². The first-order chi connectivity index (χ1) is 14.7. The molecule has 2 heterocycles. The molecule has 4 rings (SSSR count). The van der Waals surface area contributed by atoms with Crippen LogP contribution in [0, 0.1) is 20.8 Å². The lowest BCUT2D eigenvalue weighted by Crippen LogP contribution is -2.49. The summed E-state index contributed by atoms with van der Waals surface area (Å²) in [6.07, 6.45) is 0. The maximum absolute atomic E-state index is 12.9.